The number of hydrogen-bond donors (Lipinski definition) is 1. The van der Waals surface area contributed by atoms with Crippen LogP contribution in [-0.2, 0) is 29.3 Å². The Morgan fingerprint density at radius 3 is 2.37 bits per heavy atom. The van der Waals surface area contributed by atoms with Crippen molar-refractivity contribution in [3.63, 3.8) is 0 Å². The molecule has 11 heteroatoms. The molecule has 3 aromatic carbocycles. The number of aromatic hydroxyl groups is 1. The predicted octanol–water partition coefficient (Wildman–Crippen LogP) is 4.98. The third kappa shape index (κ3) is 3.99. The summed E-state index contributed by atoms with van der Waals surface area (Å²) in [5.41, 5.74) is 0.718. The van der Waals surface area contributed by atoms with Gasteiger partial charge in [0.2, 0.25) is 23.6 Å². The largest absolute Gasteiger partial charge is 0.504 e. The van der Waals surface area contributed by atoms with Gasteiger partial charge in [-0.2, -0.15) is 4.90 Å². The van der Waals surface area contributed by atoms with Crippen molar-refractivity contribution in [2.24, 2.45) is 23.7 Å². The number of benzene rings is 3. The molecule has 0 aromatic heterocycles. The first kappa shape index (κ1) is 29.7. The molecule has 3 fully saturated rings. The number of amides is 5. The first-order valence-corrected chi connectivity index (χ1v) is 15.2. The van der Waals surface area contributed by atoms with Gasteiger partial charge in [0.05, 0.1) is 43.1 Å². The minimum atomic E-state index is -1.48. The zero-order chi connectivity index (χ0) is 32.5. The molecule has 3 aromatic rings. The number of carbonyl (C=O) groups excluding carboxylic acids is 5. The molecule has 1 saturated carbocycles. The smallest absolute Gasteiger partial charge is 0.423 e. The van der Waals surface area contributed by atoms with Crippen LogP contribution in [0.3, 0.4) is 0 Å². The van der Waals surface area contributed by atoms with Crippen molar-refractivity contribution < 1.29 is 38.6 Å². The molecule has 0 radical (unpaired) electrons. The average molecular weight is 641 g/mol. The second kappa shape index (κ2) is 10.8. The zero-order valence-electron chi connectivity index (χ0n) is 24.9. The van der Waals surface area contributed by atoms with Crippen LogP contribution in [-0.4, -0.2) is 53.9 Å². The quantitative estimate of drug-likeness (QED) is 0.312. The van der Waals surface area contributed by atoms with E-state index in [1.807, 2.05) is 24.3 Å². The minimum absolute atomic E-state index is 0.0727. The highest BCUT2D eigenvalue weighted by Gasteiger charge is 2.70. The van der Waals surface area contributed by atoms with E-state index in [2.05, 4.69) is 0 Å². The second-order valence-electron chi connectivity index (χ2n) is 12.0. The molecule has 46 heavy (non-hydrogen) atoms. The van der Waals surface area contributed by atoms with Crippen LogP contribution in [0.1, 0.15) is 29.9 Å². The van der Waals surface area contributed by atoms with E-state index in [0.29, 0.717) is 32.3 Å². The van der Waals surface area contributed by atoms with Gasteiger partial charge in [-0.1, -0.05) is 65.7 Å². The second-order valence-corrected chi connectivity index (χ2v) is 12.4. The summed E-state index contributed by atoms with van der Waals surface area (Å²) in [5, 5.41) is 10.9. The topological polar surface area (TPSA) is 131 Å². The standard InChI is InChI=1S/C35H29ClN2O8/c1-45-27-15-18(11-14-26(27)39)29-22-12-13-23-28(32(42)38(30(23)40)34(44)46-2)24(22)17-25-31(41)37(21-10-6-9-20(36)16-21)33(43)35(25,29)19-7-4-3-5-8-19/h3-12,14-16,23-25,28-29,39H,13,17H2,1-2H3. The Morgan fingerprint density at radius 2 is 1.67 bits per heavy atom. The Bertz CT molecular complexity index is 1860. The van der Waals surface area contributed by atoms with Gasteiger partial charge in [0, 0.05) is 10.9 Å². The molecule has 4 aliphatic rings. The lowest BCUT2D eigenvalue weighted by Crippen LogP contribution is -2.53. The number of hydrogen-bond acceptors (Lipinski definition) is 8. The summed E-state index contributed by atoms with van der Waals surface area (Å²) in [6.07, 6.45) is 1.04. The van der Waals surface area contributed by atoms with Gasteiger partial charge >= 0.3 is 6.09 Å². The monoisotopic (exact) mass is 640 g/mol. The maximum Gasteiger partial charge on any atom is 0.423 e. The Labute approximate surface area is 269 Å². The number of likely N-dealkylation sites (tertiary alicyclic amines) is 1. The summed E-state index contributed by atoms with van der Waals surface area (Å²) >= 11 is 6.33. The number of phenolic OH excluding ortho intramolecular Hbond substituents is 1. The molecule has 2 saturated heterocycles. The molecule has 0 spiro atoms. The molecule has 6 unspecified atom stereocenters. The molecule has 1 N–H and O–H groups in total. The van der Waals surface area contributed by atoms with Crippen LogP contribution >= 0.6 is 11.6 Å². The van der Waals surface area contributed by atoms with Crippen molar-refractivity contribution in [1.82, 2.24) is 4.90 Å². The first-order chi connectivity index (χ1) is 22.1. The Hall–Kier alpha value is -4.96. The van der Waals surface area contributed by atoms with Crippen LogP contribution in [0, 0.1) is 23.7 Å². The van der Waals surface area contributed by atoms with E-state index in [1.165, 1.54) is 18.1 Å². The van der Waals surface area contributed by atoms with Gasteiger partial charge in [-0.3, -0.25) is 19.2 Å². The highest BCUT2D eigenvalue weighted by molar-refractivity contribution is 6.32. The number of halogens is 1. The highest BCUT2D eigenvalue weighted by Crippen LogP contribution is 2.64. The van der Waals surface area contributed by atoms with Crippen LogP contribution in [0.5, 0.6) is 11.5 Å². The van der Waals surface area contributed by atoms with E-state index in [0.717, 1.165) is 7.11 Å². The Kier molecular flexibility index (Phi) is 7.01. The number of phenols is 1. The number of methoxy groups -OCH3 is 2. The molecule has 234 valence electrons. The van der Waals surface area contributed by atoms with Crippen LogP contribution in [0.25, 0.3) is 0 Å². The number of imide groups is 4. The van der Waals surface area contributed by atoms with Gasteiger partial charge in [-0.15, -0.1) is 0 Å². The summed E-state index contributed by atoms with van der Waals surface area (Å²) in [7, 11) is 2.52. The number of ether oxygens (including phenoxy) is 2. The molecule has 0 bridgehead atoms. The number of anilines is 1. The van der Waals surface area contributed by atoms with Crippen molar-refractivity contribution in [1.29, 1.82) is 0 Å². The van der Waals surface area contributed by atoms with E-state index in [-0.39, 0.29) is 24.3 Å². The normalized spacial score (nSPS) is 28.4. The van der Waals surface area contributed by atoms with E-state index in [4.69, 9.17) is 21.1 Å². The third-order valence-electron chi connectivity index (χ3n) is 10.1. The molecular formula is C35H29ClN2O8. The molecule has 5 amide bonds. The summed E-state index contributed by atoms with van der Waals surface area (Å²) in [4.78, 5) is 71.3. The van der Waals surface area contributed by atoms with Crippen molar-refractivity contribution in [2.45, 2.75) is 24.2 Å². The molecule has 6 atom stereocenters. The molecular weight excluding hydrogens is 612 g/mol. The van der Waals surface area contributed by atoms with Crippen LogP contribution < -0.4 is 9.64 Å². The van der Waals surface area contributed by atoms with Crippen molar-refractivity contribution in [3.05, 3.63) is 101 Å². The van der Waals surface area contributed by atoms with Crippen LogP contribution in [0.15, 0.2) is 84.4 Å². The summed E-state index contributed by atoms with van der Waals surface area (Å²) in [6, 6.07) is 20.4. The van der Waals surface area contributed by atoms with E-state index < -0.39 is 64.7 Å². The number of carbonyl (C=O) groups is 5. The lowest BCUT2D eigenvalue weighted by molar-refractivity contribution is -0.138. The molecule has 10 nitrogen and oxygen atoms in total. The van der Waals surface area contributed by atoms with Gasteiger partial charge < -0.3 is 14.6 Å². The summed E-state index contributed by atoms with van der Waals surface area (Å²) < 4.78 is 10.2. The van der Waals surface area contributed by atoms with Gasteiger partial charge in [-0.05, 0) is 60.2 Å². The van der Waals surface area contributed by atoms with Crippen molar-refractivity contribution >= 4 is 47.0 Å². The fraction of sp³-hybridized carbons (Fsp3) is 0.286. The van der Waals surface area contributed by atoms with Gasteiger partial charge in [0.15, 0.2) is 11.5 Å². The average Bonchev–Trinajstić information content (AvgIpc) is 3.45. The number of rotatable bonds is 4. The molecule has 2 aliphatic carbocycles. The highest BCUT2D eigenvalue weighted by atomic mass is 35.5. The Balaban J connectivity index is 1.50. The number of fused-ring (bicyclic) bond motifs is 4. The predicted molar refractivity (Wildman–Crippen MR) is 165 cm³/mol. The van der Waals surface area contributed by atoms with E-state index in [1.54, 1.807) is 48.5 Å². The third-order valence-corrected chi connectivity index (χ3v) is 10.3. The summed E-state index contributed by atoms with van der Waals surface area (Å²) in [5.74, 6) is -6.40. The first-order valence-electron chi connectivity index (χ1n) is 14.9. The molecule has 7 rings (SSSR count). The summed E-state index contributed by atoms with van der Waals surface area (Å²) in [6.45, 7) is 0. The SMILES string of the molecule is COC(=O)N1C(=O)C2CC=C3C(CC4C(=O)N(c5cccc(Cl)c5)C(=O)C4(c4ccccc4)C3c3ccc(O)c(OC)c3)C2C1=O. The Morgan fingerprint density at radius 1 is 0.913 bits per heavy atom. The maximum atomic E-state index is 15.2. The van der Waals surface area contributed by atoms with Gasteiger partial charge in [0.1, 0.15) is 0 Å². The van der Waals surface area contributed by atoms with Gasteiger partial charge in [-0.25, -0.2) is 9.69 Å². The number of allylic oxidation sites excluding steroid dienone is 2. The lowest BCUT2D eigenvalue weighted by Gasteiger charge is -2.50. The van der Waals surface area contributed by atoms with Gasteiger partial charge in [0.25, 0.3) is 0 Å². The lowest BCUT2D eigenvalue weighted by atomic mass is 9.49. The van der Waals surface area contributed by atoms with E-state index in [9.17, 15) is 24.3 Å². The van der Waals surface area contributed by atoms with Crippen molar-refractivity contribution in [2.75, 3.05) is 19.1 Å². The van der Waals surface area contributed by atoms with E-state index >= 15 is 4.79 Å². The number of nitrogens with zero attached hydrogens (tertiary/aromatic N) is 2. The fourth-order valence-corrected chi connectivity index (χ4v) is 8.45. The van der Waals surface area contributed by atoms with Crippen LogP contribution in [0.2, 0.25) is 5.02 Å². The maximum absolute atomic E-state index is 15.2. The van der Waals surface area contributed by atoms with Crippen LogP contribution in [0.4, 0.5) is 10.5 Å². The molecule has 2 aliphatic heterocycles. The molecule has 2 heterocycles. The zero-order valence-corrected chi connectivity index (χ0v) is 25.6. The van der Waals surface area contributed by atoms with Crippen molar-refractivity contribution in [3.8, 4) is 11.5 Å². The minimum Gasteiger partial charge on any atom is -0.504 e. The fourth-order valence-electron chi connectivity index (χ4n) is 8.26.